The molecule has 0 aliphatic heterocycles. The van der Waals surface area contributed by atoms with Crippen molar-refractivity contribution in [3.8, 4) is 0 Å². The number of ether oxygens (including phenoxy) is 1. The molecular weight excluding hydrogens is 174 g/mol. The number of rotatable bonds is 8. The van der Waals surface area contributed by atoms with E-state index < -0.39 is 0 Å². The van der Waals surface area contributed by atoms with Crippen molar-refractivity contribution in [3.63, 3.8) is 0 Å². The molecule has 1 N–H and O–H groups in total. The zero-order chi connectivity index (χ0) is 11.0. The Bertz CT molecular complexity index is 125. The Morgan fingerprint density at radius 1 is 1.21 bits per heavy atom. The lowest BCUT2D eigenvalue weighted by atomic mass is 10.1. The van der Waals surface area contributed by atoms with Crippen molar-refractivity contribution in [2.45, 2.75) is 59.1 Å². The van der Waals surface area contributed by atoms with Crippen molar-refractivity contribution in [2.24, 2.45) is 5.92 Å². The summed E-state index contributed by atoms with van der Waals surface area (Å²) in [5, 5.41) is 3.29. The van der Waals surface area contributed by atoms with Gasteiger partial charge in [0.15, 0.2) is 0 Å². The largest absolute Gasteiger partial charge is 0.377 e. The van der Waals surface area contributed by atoms with Crippen LogP contribution >= 0.6 is 0 Å². The van der Waals surface area contributed by atoms with E-state index in [1.54, 1.807) is 0 Å². The zero-order valence-electron chi connectivity index (χ0n) is 10.5. The van der Waals surface area contributed by atoms with Crippen LogP contribution in [0.2, 0.25) is 0 Å². The molecule has 0 aromatic carbocycles. The third kappa shape index (κ3) is 7.34. The second kappa shape index (κ2) is 8.25. The molecule has 0 rings (SSSR count). The van der Waals surface area contributed by atoms with Crippen molar-refractivity contribution in [1.29, 1.82) is 0 Å². The van der Waals surface area contributed by atoms with Gasteiger partial charge in [0.1, 0.15) is 0 Å². The van der Waals surface area contributed by atoms with E-state index >= 15 is 0 Å². The number of nitrogens with one attached hydrogen (secondary N) is 1. The summed E-state index contributed by atoms with van der Waals surface area (Å²) < 4.78 is 5.80. The summed E-state index contributed by atoms with van der Waals surface area (Å²) in [7, 11) is 2.01. The minimum Gasteiger partial charge on any atom is -0.377 e. The van der Waals surface area contributed by atoms with E-state index in [4.69, 9.17) is 4.74 Å². The molecule has 0 fully saturated rings. The first-order chi connectivity index (χ1) is 6.60. The minimum absolute atomic E-state index is 0.391. The van der Waals surface area contributed by atoms with Gasteiger partial charge in [-0.15, -0.1) is 0 Å². The fraction of sp³-hybridized carbons (Fsp3) is 1.00. The van der Waals surface area contributed by atoms with Crippen molar-refractivity contribution < 1.29 is 4.74 Å². The predicted octanol–water partition coefficient (Wildman–Crippen LogP) is 2.83. The van der Waals surface area contributed by atoms with Gasteiger partial charge in [-0.2, -0.15) is 0 Å². The molecule has 0 heterocycles. The van der Waals surface area contributed by atoms with Crippen molar-refractivity contribution in [3.05, 3.63) is 0 Å². The molecule has 0 aromatic rings. The predicted molar refractivity (Wildman–Crippen MR) is 62.6 cm³/mol. The van der Waals surface area contributed by atoms with Crippen LogP contribution < -0.4 is 5.32 Å². The van der Waals surface area contributed by atoms with Crippen LogP contribution in [0.3, 0.4) is 0 Å². The summed E-state index contributed by atoms with van der Waals surface area (Å²) in [5.74, 6) is 0.726. The van der Waals surface area contributed by atoms with Crippen LogP contribution in [0.15, 0.2) is 0 Å². The molecule has 2 nitrogen and oxygen atoms in total. The van der Waals surface area contributed by atoms with E-state index in [9.17, 15) is 0 Å². The van der Waals surface area contributed by atoms with Crippen LogP contribution in [-0.2, 0) is 4.74 Å². The first-order valence-corrected chi connectivity index (χ1v) is 5.89. The van der Waals surface area contributed by atoms with Crippen LogP contribution in [0.4, 0.5) is 0 Å². The van der Waals surface area contributed by atoms with Crippen LogP contribution in [0.5, 0.6) is 0 Å². The molecule has 0 radical (unpaired) electrons. The number of hydrogen-bond acceptors (Lipinski definition) is 2. The third-order valence-electron chi connectivity index (χ3n) is 2.43. The molecule has 0 aliphatic rings. The molecule has 2 heteroatoms. The standard InChI is InChI=1S/C12H27NO/c1-6-7-12(13-5)9-14-11(4)8-10(2)3/h10-13H,6-9H2,1-5H3. The highest BCUT2D eigenvalue weighted by atomic mass is 16.5. The summed E-state index contributed by atoms with van der Waals surface area (Å²) in [6.45, 7) is 9.70. The maximum Gasteiger partial charge on any atom is 0.0623 e. The van der Waals surface area contributed by atoms with Gasteiger partial charge < -0.3 is 10.1 Å². The lowest BCUT2D eigenvalue weighted by Crippen LogP contribution is -2.31. The monoisotopic (exact) mass is 201 g/mol. The highest BCUT2D eigenvalue weighted by Gasteiger charge is 2.09. The molecule has 86 valence electrons. The first kappa shape index (κ1) is 13.9. The molecule has 0 spiro atoms. The topological polar surface area (TPSA) is 21.3 Å². The Morgan fingerprint density at radius 2 is 1.86 bits per heavy atom. The average molecular weight is 201 g/mol. The van der Waals surface area contributed by atoms with Crippen molar-refractivity contribution in [1.82, 2.24) is 5.32 Å². The quantitative estimate of drug-likeness (QED) is 0.652. The molecule has 0 aromatic heterocycles. The summed E-state index contributed by atoms with van der Waals surface area (Å²) in [4.78, 5) is 0. The van der Waals surface area contributed by atoms with E-state index in [0.29, 0.717) is 12.1 Å². The van der Waals surface area contributed by atoms with Gasteiger partial charge in [-0.1, -0.05) is 27.2 Å². The Labute approximate surface area is 89.4 Å². The van der Waals surface area contributed by atoms with Gasteiger partial charge in [0, 0.05) is 6.04 Å². The molecule has 0 saturated carbocycles. The van der Waals surface area contributed by atoms with Gasteiger partial charge in [0.25, 0.3) is 0 Å². The van der Waals surface area contributed by atoms with Gasteiger partial charge >= 0.3 is 0 Å². The minimum atomic E-state index is 0.391. The normalized spacial score (nSPS) is 15.9. The molecular formula is C12H27NO. The molecule has 0 bridgehead atoms. The molecule has 0 amide bonds. The van der Waals surface area contributed by atoms with Crippen molar-refractivity contribution in [2.75, 3.05) is 13.7 Å². The molecule has 0 saturated heterocycles. The summed E-state index contributed by atoms with van der Waals surface area (Å²) in [6, 6.07) is 0.523. The SMILES string of the molecule is CCCC(COC(C)CC(C)C)NC. The Hall–Kier alpha value is -0.0800. The van der Waals surface area contributed by atoms with Crippen LogP contribution in [0.25, 0.3) is 0 Å². The Kier molecular flexibility index (Phi) is 8.20. The highest BCUT2D eigenvalue weighted by molar-refractivity contribution is 4.64. The van der Waals surface area contributed by atoms with E-state index in [0.717, 1.165) is 18.9 Å². The smallest absolute Gasteiger partial charge is 0.0623 e. The Balaban J connectivity index is 3.56. The van der Waals surface area contributed by atoms with Crippen LogP contribution in [0, 0.1) is 5.92 Å². The van der Waals surface area contributed by atoms with E-state index in [1.165, 1.54) is 12.8 Å². The van der Waals surface area contributed by atoms with E-state index in [1.807, 2.05) is 7.05 Å². The fourth-order valence-corrected chi connectivity index (χ4v) is 1.67. The lowest BCUT2D eigenvalue weighted by molar-refractivity contribution is 0.0370. The van der Waals surface area contributed by atoms with Gasteiger partial charge in [0.05, 0.1) is 12.7 Å². The maximum atomic E-state index is 5.80. The molecule has 14 heavy (non-hydrogen) atoms. The van der Waals surface area contributed by atoms with Crippen molar-refractivity contribution >= 4 is 0 Å². The summed E-state index contributed by atoms with van der Waals surface area (Å²) in [5.41, 5.74) is 0. The van der Waals surface area contributed by atoms with Gasteiger partial charge in [0.2, 0.25) is 0 Å². The average Bonchev–Trinajstić information content (AvgIpc) is 2.11. The highest BCUT2D eigenvalue weighted by Crippen LogP contribution is 2.08. The Morgan fingerprint density at radius 3 is 2.29 bits per heavy atom. The second-order valence-electron chi connectivity index (χ2n) is 4.55. The van der Waals surface area contributed by atoms with Crippen LogP contribution in [-0.4, -0.2) is 25.8 Å². The molecule has 2 atom stereocenters. The van der Waals surface area contributed by atoms with E-state index in [2.05, 4.69) is 33.0 Å². The summed E-state index contributed by atoms with van der Waals surface area (Å²) in [6.07, 6.45) is 3.96. The third-order valence-corrected chi connectivity index (χ3v) is 2.43. The maximum absolute atomic E-state index is 5.80. The number of likely N-dealkylation sites (N-methyl/N-ethyl adjacent to an activating group) is 1. The van der Waals surface area contributed by atoms with E-state index in [-0.39, 0.29) is 0 Å². The van der Waals surface area contributed by atoms with Crippen LogP contribution in [0.1, 0.15) is 47.0 Å². The molecule has 2 unspecified atom stereocenters. The fourth-order valence-electron chi connectivity index (χ4n) is 1.67. The van der Waals surface area contributed by atoms with Gasteiger partial charge in [-0.25, -0.2) is 0 Å². The molecule has 0 aliphatic carbocycles. The van der Waals surface area contributed by atoms with Gasteiger partial charge in [-0.3, -0.25) is 0 Å². The zero-order valence-corrected chi connectivity index (χ0v) is 10.5. The first-order valence-electron chi connectivity index (χ1n) is 5.89. The van der Waals surface area contributed by atoms with Gasteiger partial charge in [-0.05, 0) is 32.7 Å². The second-order valence-corrected chi connectivity index (χ2v) is 4.55. The summed E-state index contributed by atoms with van der Waals surface area (Å²) >= 11 is 0. The lowest BCUT2D eigenvalue weighted by Gasteiger charge is -2.20. The number of hydrogen-bond donors (Lipinski definition) is 1.